The van der Waals surface area contributed by atoms with Gasteiger partial charge in [-0.15, -0.1) is 10.0 Å². The van der Waals surface area contributed by atoms with Crippen LogP contribution in [-0.2, 0) is 0 Å². The molecule has 9 aromatic rings. The van der Waals surface area contributed by atoms with Crippen molar-refractivity contribution in [3.63, 3.8) is 0 Å². The zero-order valence-electron chi connectivity index (χ0n) is 28.8. The largest absolute Gasteiger partial charge is 0.310 e. The van der Waals surface area contributed by atoms with Crippen molar-refractivity contribution in [2.75, 3.05) is 0 Å². The third-order valence-electron chi connectivity index (χ3n) is 10.1. The van der Waals surface area contributed by atoms with Crippen LogP contribution in [0.5, 0.6) is 0 Å². The molecule has 2 nitrogen and oxygen atoms in total. The van der Waals surface area contributed by atoms with Crippen molar-refractivity contribution in [2.24, 2.45) is 0 Å². The SMILES string of the molecule is C/C=C\c1c(C)c2ccccc2n1-c1ccc2c(c1)c1ccccc1n2-c1cccc(S(c2ccccc2)(c2ccccc2)c2ccccc2)c1. The van der Waals surface area contributed by atoms with Crippen molar-refractivity contribution < 1.29 is 0 Å². The summed E-state index contributed by atoms with van der Waals surface area (Å²) in [6.07, 6.45) is 4.37. The molecule has 0 bridgehead atoms. The molecule has 2 heterocycles. The highest BCUT2D eigenvalue weighted by Gasteiger charge is 2.33. The number of hydrogen-bond donors (Lipinski definition) is 0. The standard InChI is InChI=1S/C48H38N2S/c1-3-18-45-35(2)42-27-13-15-29-46(42)49(45)37-31-32-48-44(34-37)43-28-14-16-30-47(43)50(48)36-19-17-26-41(33-36)51(38-20-7-4-8-21-38,39-22-9-5-10-23-39)40-24-11-6-12-25-40/h3-34H,1-2H3/b18-3-. The second kappa shape index (κ2) is 12.7. The molecular weight excluding hydrogens is 637 g/mol. The molecule has 0 aliphatic rings. The van der Waals surface area contributed by atoms with Crippen LogP contribution in [0.4, 0.5) is 0 Å². The van der Waals surface area contributed by atoms with Crippen molar-refractivity contribution in [1.82, 2.24) is 9.13 Å². The summed E-state index contributed by atoms with van der Waals surface area (Å²) in [7, 11) is -1.83. The van der Waals surface area contributed by atoms with Crippen molar-refractivity contribution in [2.45, 2.75) is 33.4 Å². The van der Waals surface area contributed by atoms with Gasteiger partial charge in [0.15, 0.2) is 0 Å². The molecule has 0 saturated heterocycles. The molecule has 0 spiro atoms. The Labute approximate surface area is 300 Å². The Bertz CT molecular complexity index is 2600. The summed E-state index contributed by atoms with van der Waals surface area (Å²) in [5.74, 6) is 0. The number of aromatic nitrogens is 2. The molecule has 2 aromatic heterocycles. The van der Waals surface area contributed by atoms with Crippen molar-refractivity contribution in [1.29, 1.82) is 0 Å². The Balaban J connectivity index is 1.31. The fraction of sp³-hybridized carbons (Fsp3) is 0.0417. The fourth-order valence-electron chi connectivity index (χ4n) is 7.94. The molecule has 0 aliphatic carbocycles. The van der Waals surface area contributed by atoms with E-state index in [2.05, 4.69) is 217 Å². The van der Waals surface area contributed by atoms with E-state index in [1.807, 2.05) is 0 Å². The quantitative estimate of drug-likeness (QED) is 0.159. The molecule has 51 heavy (non-hydrogen) atoms. The fourth-order valence-corrected chi connectivity index (χ4v) is 11.8. The molecule has 0 saturated carbocycles. The van der Waals surface area contributed by atoms with E-state index in [1.54, 1.807) is 0 Å². The number of benzene rings is 7. The maximum atomic E-state index is 2.45. The minimum Gasteiger partial charge on any atom is -0.310 e. The Kier molecular flexibility index (Phi) is 7.71. The Morgan fingerprint density at radius 1 is 0.412 bits per heavy atom. The number of fused-ring (bicyclic) bond motifs is 4. The minimum absolute atomic E-state index is 1.16. The van der Waals surface area contributed by atoms with Crippen LogP contribution in [0.1, 0.15) is 18.2 Å². The van der Waals surface area contributed by atoms with Gasteiger partial charge in [-0.05, 0) is 110 Å². The molecule has 0 radical (unpaired) electrons. The molecule has 0 amide bonds. The van der Waals surface area contributed by atoms with E-state index >= 15 is 0 Å². The second-order valence-corrected chi connectivity index (χ2v) is 16.1. The lowest BCUT2D eigenvalue weighted by molar-refractivity contribution is 1.10. The summed E-state index contributed by atoms with van der Waals surface area (Å²) in [6.45, 7) is 4.32. The number of aryl methyl sites for hydroxylation is 1. The number of hydrogen-bond acceptors (Lipinski definition) is 0. The van der Waals surface area contributed by atoms with Crippen LogP contribution in [0.2, 0.25) is 0 Å². The predicted molar refractivity (Wildman–Crippen MR) is 217 cm³/mol. The summed E-state index contributed by atoms with van der Waals surface area (Å²) in [4.78, 5) is 5.25. The van der Waals surface area contributed by atoms with Crippen LogP contribution in [0.15, 0.2) is 208 Å². The van der Waals surface area contributed by atoms with Crippen LogP contribution in [0.3, 0.4) is 0 Å². The van der Waals surface area contributed by atoms with Crippen molar-refractivity contribution in [3.8, 4) is 11.4 Å². The van der Waals surface area contributed by atoms with E-state index in [9.17, 15) is 0 Å². The third kappa shape index (κ3) is 4.88. The maximum absolute atomic E-state index is 2.45. The monoisotopic (exact) mass is 674 g/mol. The molecule has 9 rings (SSSR count). The number of allylic oxidation sites excluding steroid dienone is 1. The molecule has 246 valence electrons. The van der Waals surface area contributed by atoms with Crippen LogP contribution in [0.25, 0.3) is 50.2 Å². The Hall–Kier alpha value is -6.03. The van der Waals surface area contributed by atoms with Crippen LogP contribution in [-0.4, -0.2) is 9.13 Å². The van der Waals surface area contributed by atoms with Gasteiger partial charge in [0.05, 0.1) is 16.6 Å². The third-order valence-corrected chi connectivity index (χ3v) is 14.0. The predicted octanol–water partition coefficient (Wildman–Crippen LogP) is 13.4. The average Bonchev–Trinajstić information content (AvgIpc) is 3.67. The lowest BCUT2D eigenvalue weighted by Crippen LogP contribution is -2.06. The minimum atomic E-state index is -1.83. The van der Waals surface area contributed by atoms with Gasteiger partial charge >= 0.3 is 0 Å². The van der Waals surface area contributed by atoms with Crippen LogP contribution in [0, 0.1) is 6.92 Å². The van der Waals surface area contributed by atoms with Gasteiger partial charge in [0.25, 0.3) is 0 Å². The van der Waals surface area contributed by atoms with Gasteiger partial charge in [0.1, 0.15) is 0 Å². The van der Waals surface area contributed by atoms with Gasteiger partial charge < -0.3 is 9.13 Å². The molecule has 0 fully saturated rings. The van der Waals surface area contributed by atoms with Crippen molar-refractivity contribution >= 4 is 48.8 Å². The molecule has 0 unspecified atom stereocenters. The first-order chi connectivity index (χ1) is 25.2. The Morgan fingerprint density at radius 3 is 1.51 bits per heavy atom. The molecule has 0 atom stereocenters. The van der Waals surface area contributed by atoms with Gasteiger partial charge in [-0.2, -0.15) is 0 Å². The average molecular weight is 675 g/mol. The van der Waals surface area contributed by atoms with Crippen LogP contribution < -0.4 is 0 Å². The van der Waals surface area contributed by atoms with Gasteiger partial charge in [0.2, 0.25) is 0 Å². The smallest absolute Gasteiger partial charge is 0.0542 e. The van der Waals surface area contributed by atoms with Gasteiger partial charge in [-0.1, -0.05) is 103 Å². The first-order valence-corrected chi connectivity index (χ1v) is 19.2. The number of nitrogens with zero attached hydrogens (tertiary/aromatic N) is 2. The van der Waals surface area contributed by atoms with E-state index in [4.69, 9.17) is 0 Å². The van der Waals surface area contributed by atoms with Gasteiger partial charge in [0, 0.05) is 52.8 Å². The van der Waals surface area contributed by atoms with E-state index in [0.717, 1.165) is 11.4 Å². The topological polar surface area (TPSA) is 9.86 Å². The number of rotatable bonds is 7. The molecule has 3 heteroatoms. The van der Waals surface area contributed by atoms with E-state index in [1.165, 1.54) is 63.5 Å². The van der Waals surface area contributed by atoms with E-state index < -0.39 is 10.0 Å². The van der Waals surface area contributed by atoms with Gasteiger partial charge in [-0.3, -0.25) is 0 Å². The molecule has 7 aromatic carbocycles. The normalized spacial score (nSPS) is 12.4. The van der Waals surface area contributed by atoms with E-state index in [-0.39, 0.29) is 0 Å². The highest BCUT2D eigenvalue weighted by Crippen LogP contribution is 2.73. The lowest BCUT2D eigenvalue weighted by Gasteiger charge is -2.42. The molecule has 0 aliphatic heterocycles. The highest BCUT2D eigenvalue weighted by atomic mass is 32.3. The second-order valence-electron chi connectivity index (χ2n) is 13.0. The number of para-hydroxylation sites is 2. The lowest BCUT2D eigenvalue weighted by atomic mass is 10.1. The summed E-state index contributed by atoms with van der Waals surface area (Å²) < 4.78 is 4.86. The summed E-state index contributed by atoms with van der Waals surface area (Å²) >= 11 is 0. The first kappa shape index (κ1) is 31.0. The zero-order chi connectivity index (χ0) is 34.4. The highest BCUT2D eigenvalue weighted by molar-refractivity contribution is 8.34. The maximum Gasteiger partial charge on any atom is 0.0542 e. The zero-order valence-corrected chi connectivity index (χ0v) is 29.6. The first-order valence-electron chi connectivity index (χ1n) is 17.6. The molecular formula is C48H38N2S. The summed E-state index contributed by atoms with van der Waals surface area (Å²) in [5.41, 5.74) is 8.45. The van der Waals surface area contributed by atoms with E-state index in [0.29, 0.717) is 0 Å². The molecule has 0 N–H and O–H groups in total. The Morgan fingerprint density at radius 2 is 0.902 bits per heavy atom. The summed E-state index contributed by atoms with van der Waals surface area (Å²) in [5, 5.41) is 3.77. The van der Waals surface area contributed by atoms with Crippen LogP contribution >= 0.6 is 10.0 Å². The summed E-state index contributed by atoms with van der Waals surface area (Å²) in [6, 6.07) is 67.1. The van der Waals surface area contributed by atoms with Crippen molar-refractivity contribution in [3.05, 3.63) is 199 Å². The van der Waals surface area contributed by atoms with Gasteiger partial charge in [-0.25, -0.2) is 0 Å².